The topological polar surface area (TPSA) is 35.5 Å². The van der Waals surface area contributed by atoms with Crippen LogP contribution in [0.3, 0.4) is 0 Å². The Kier molecular flexibility index (Phi) is 6.95. The van der Waals surface area contributed by atoms with Gasteiger partial charge in [0.2, 0.25) is 0 Å². The number of rotatable bonds is 7. The Labute approximate surface area is 183 Å². The minimum absolute atomic E-state index is 0.218. The molecule has 0 amide bonds. The van der Waals surface area contributed by atoms with Crippen molar-refractivity contribution in [2.45, 2.75) is 25.9 Å². The fourth-order valence-electron chi connectivity index (χ4n) is 2.95. The predicted molar refractivity (Wildman–Crippen MR) is 103 cm³/mol. The maximum absolute atomic E-state index is 14.4. The van der Waals surface area contributed by atoms with Crippen LogP contribution in [0.4, 0.5) is 30.7 Å². The molecular formula is C23H15F7O3. The highest BCUT2D eigenvalue weighted by atomic mass is 19.3. The van der Waals surface area contributed by atoms with Crippen molar-refractivity contribution in [1.82, 2.24) is 0 Å². The molecule has 0 atom stereocenters. The SMILES string of the molecule is CCCc1cc(F)c(C(F)(F)Oc2ccc(C(=O)Oc3cc(F)c(F)c(F)c3)cc2)c(F)c1. The number of ether oxygens (including phenoxy) is 2. The summed E-state index contributed by atoms with van der Waals surface area (Å²) in [6, 6.07) is 6.25. The van der Waals surface area contributed by atoms with Crippen LogP contribution in [0.15, 0.2) is 48.5 Å². The molecule has 0 aliphatic carbocycles. The molecule has 33 heavy (non-hydrogen) atoms. The van der Waals surface area contributed by atoms with Crippen molar-refractivity contribution < 1.29 is 45.0 Å². The van der Waals surface area contributed by atoms with Crippen molar-refractivity contribution in [2.75, 3.05) is 0 Å². The summed E-state index contributed by atoms with van der Waals surface area (Å²) in [7, 11) is 0. The van der Waals surface area contributed by atoms with E-state index < -0.39 is 58.2 Å². The molecule has 0 aromatic heterocycles. The molecule has 0 radical (unpaired) electrons. The number of halogens is 7. The molecular weight excluding hydrogens is 457 g/mol. The second kappa shape index (κ2) is 9.51. The molecule has 174 valence electrons. The summed E-state index contributed by atoms with van der Waals surface area (Å²) in [5, 5.41) is 0. The monoisotopic (exact) mass is 472 g/mol. The van der Waals surface area contributed by atoms with Crippen LogP contribution in [0, 0.1) is 29.1 Å². The third-order valence-corrected chi connectivity index (χ3v) is 4.44. The zero-order valence-corrected chi connectivity index (χ0v) is 16.9. The van der Waals surface area contributed by atoms with Crippen LogP contribution in [0.2, 0.25) is 0 Å². The summed E-state index contributed by atoms with van der Waals surface area (Å²) < 4.78 is 106. The number of alkyl halides is 2. The molecule has 3 nitrogen and oxygen atoms in total. The molecule has 0 fully saturated rings. The Morgan fingerprint density at radius 3 is 1.88 bits per heavy atom. The van der Waals surface area contributed by atoms with Crippen molar-refractivity contribution in [3.63, 3.8) is 0 Å². The summed E-state index contributed by atoms with van der Waals surface area (Å²) in [5.74, 6) is -10.1. The van der Waals surface area contributed by atoms with Gasteiger partial charge < -0.3 is 9.47 Å². The molecule has 0 N–H and O–H groups in total. The second-order valence-corrected chi connectivity index (χ2v) is 6.92. The van der Waals surface area contributed by atoms with Gasteiger partial charge >= 0.3 is 12.1 Å². The quantitative estimate of drug-likeness (QED) is 0.167. The maximum Gasteiger partial charge on any atom is 0.432 e. The van der Waals surface area contributed by atoms with Gasteiger partial charge in [-0.15, -0.1) is 0 Å². The first-order chi connectivity index (χ1) is 15.5. The fourth-order valence-corrected chi connectivity index (χ4v) is 2.95. The number of carbonyl (C=O) groups excluding carboxylic acids is 1. The highest BCUT2D eigenvalue weighted by Gasteiger charge is 2.41. The van der Waals surface area contributed by atoms with Crippen LogP contribution < -0.4 is 9.47 Å². The van der Waals surface area contributed by atoms with E-state index in [0.717, 1.165) is 36.4 Å². The molecule has 0 aliphatic heterocycles. The summed E-state index contributed by atoms with van der Waals surface area (Å²) in [6.07, 6.45) is -3.51. The number of carbonyl (C=O) groups is 1. The number of aryl methyl sites for hydroxylation is 1. The van der Waals surface area contributed by atoms with Crippen LogP contribution in [0.25, 0.3) is 0 Å². The lowest BCUT2D eigenvalue weighted by atomic mass is 10.1. The van der Waals surface area contributed by atoms with Gasteiger partial charge in [-0.2, -0.15) is 8.78 Å². The molecule has 0 bridgehead atoms. The first-order valence-electron chi connectivity index (χ1n) is 9.53. The van der Waals surface area contributed by atoms with Gasteiger partial charge in [0.1, 0.15) is 28.7 Å². The first kappa shape index (κ1) is 24.1. The third kappa shape index (κ3) is 5.44. The van der Waals surface area contributed by atoms with Crippen molar-refractivity contribution in [1.29, 1.82) is 0 Å². The lowest BCUT2D eigenvalue weighted by Crippen LogP contribution is -2.25. The van der Waals surface area contributed by atoms with E-state index in [1.54, 1.807) is 6.92 Å². The average Bonchev–Trinajstić information content (AvgIpc) is 2.71. The Bertz CT molecular complexity index is 1130. The van der Waals surface area contributed by atoms with E-state index in [1.807, 2.05) is 0 Å². The standard InChI is InChI=1S/C23H15F7O3/c1-2-3-12-8-16(24)20(17(25)9-12)23(29,30)33-14-6-4-13(5-7-14)22(31)32-15-10-18(26)21(28)19(27)11-15/h4-11H,2-3H2,1H3. The Morgan fingerprint density at radius 1 is 0.818 bits per heavy atom. The number of hydrogen-bond donors (Lipinski definition) is 0. The molecule has 0 heterocycles. The van der Waals surface area contributed by atoms with E-state index in [1.165, 1.54) is 0 Å². The predicted octanol–water partition coefficient (Wildman–Crippen LogP) is 6.68. The van der Waals surface area contributed by atoms with Crippen molar-refractivity contribution in [3.8, 4) is 11.5 Å². The number of benzene rings is 3. The van der Waals surface area contributed by atoms with Gasteiger partial charge in [0.25, 0.3) is 0 Å². The fraction of sp³-hybridized carbons (Fsp3) is 0.174. The van der Waals surface area contributed by atoms with Gasteiger partial charge in [0.05, 0.1) is 5.56 Å². The van der Waals surface area contributed by atoms with E-state index in [2.05, 4.69) is 4.74 Å². The summed E-state index contributed by atoms with van der Waals surface area (Å²) in [6.45, 7) is 1.76. The van der Waals surface area contributed by atoms with Crippen LogP contribution in [-0.2, 0) is 12.5 Å². The smallest absolute Gasteiger partial charge is 0.429 e. The molecule has 0 spiro atoms. The van der Waals surface area contributed by atoms with E-state index in [4.69, 9.17) is 4.74 Å². The van der Waals surface area contributed by atoms with Crippen LogP contribution in [0.1, 0.15) is 34.8 Å². The van der Waals surface area contributed by atoms with Crippen molar-refractivity contribution >= 4 is 5.97 Å². The molecule has 0 saturated heterocycles. The van der Waals surface area contributed by atoms with E-state index in [9.17, 15) is 35.5 Å². The van der Waals surface area contributed by atoms with Crippen molar-refractivity contribution in [3.05, 3.63) is 94.3 Å². The average molecular weight is 472 g/mol. The molecule has 3 aromatic rings. The highest BCUT2D eigenvalue weighted by molar-refractivity contribution is 5.91. The maximum atomic E-state index is 14.4. The van der Waals surface area contributed by atoms with Gasteiger partial charge in [0.15, 0.2) is 17.5 Å². The van der Waals surface area contributed by atoms with Gasteiger partial charge in [-0.25, -0.2) is 26.7 Å². The zero-order valence-electron chi connectivity index (χ0n) is 16.9. The third-order valence-electron chi connectivity index (χ3n) is 4.44. The van der Waals surface area contributed by atoms with Crippen molar-refractivity contribution in [2.24, 2.45) is 0 Å². The van der Waals surface area contributed by atoms with Crippen LogP contribution >= 0.6 is 0 Å². The van der Waals surface area contributed by atoms with E-state index in [0.29, 0.717) is 25.0 Å². The zero-order chi connectivity index (χ0) is 24.3. The minimum Gasteiger partial charge on any atom is -0.429 e. The first-order valence-corrected chi connectivity index (χ1v) is 9.53. The van der Waals surface area contributed by atoms with Crippen LogP contribution in [0.5, 0.6) is 11.5 Å². The Morgan fingerprint density at radius 2 is 1.36 bits per heavy atom. The van der Waals surface area contributed by atoms with Gasteiger partial charge in [-0.3, -0.25) is 0 Å². The van der Waals surface area contributed by atoms with Gasteiger partial charge in [0, 0.05) is 12.1 Å². The van der Waals surface area contributed by atoms with E-state index >= 15 is 0 Å². The highest BCUT2D eigenvalue weighted by Crippen LogP contribution is 2.35. The molecule has 0 saturated carbocycles. The largest absolute Gasteiger partial charge is 0.432 e. The lowest BCUT2D eigenvalue weighted by Gasteiger charge is -2.20. The summed E-state index contributed by atoms with van der Waals surface area (Å²) in [5.41, 5.74) is -1.58. The normalized spacial score (nSPS) is 11.4. The molecule has 3 aromatic carbocycles. The Hall–Kier alpha value is -3.56. The molecule has 0 unspecified atom stereocenters. The van der Waals surface area contributed by atoms with Gasteiger partial charge in [-0.1, -0.05) is 13.3 Å². The molecule has 0 aliphatic rings. The number of esters is 1. The second-order valence-electron chi connectivity index (χ2n) is 6.92. The lowest BCUT2D eigenvalue weighted by molar-refractivity contribution is -0.189. The van der Waals surface area contributed by atoms with Gasteiger partial charge in [-0.05, 0) is 48.4 Å². The Balaban J connectivity index is 1.75. The van der Waals surface area contributed by atoms with Crippen LogP contribution in [-0.4, -0.2) is 5.97 Å². The summed E-state index contributed by atoms with van der Waals surface area (Å²) in [4.78, 5) is 12.1. The van der Waals surface area contributed by atoms with E-state index in [-0.39, 0.29) is 11.1 Å². The summed E-state index contributed by atoms with van der Waals surface area (Å²) >= 11 is 0. The minimum atomic E-state index is -4.37. The molecule has 10 heteroatoms. The number of hydrogen-bond acceptors (Lipinski definition) is 3. The molecule has 3 rings (SSSR count).